The first kappa shape index (κ1) is 11.0. The van der Waals surface area contributed by atoms with Crippen molar-refractivity contribution < 1.29 is 9.53 Å². The summed E-state index contributed by atoms with van der Waals surface area (Å²) in [6.45, 7) is 8.12. The number of amides is 1. The van der Waals surface area contributed by atoms with Crippen LogP contribution in [-0.2, 0) is 10.3 Å². The number of anilines is 1. The molecule has 0 saturated carbocycles. The second-order valence-corrected chi connectivity index (χ2v) is 4.98. The van der Waals surface area contributed by atoms with Gasteiger partial charge in [-0.25, -0.2) is 4.79 Å². The molecule has 0 aliphatic carbocycles. The third-order valence-electron chi connectivity index (χ3n) is 2.94. The number of carbonyl (C=O) groups excluding carboxylic acids is 1. The van der Waals surface area contributed by atoms with Gasteiger partial charge in [-0.3, -0.25) is 5.32 Å². The highest BCUT2D eigenvalue weighted by Gasteiger charge is 2.33. The van der Waals surface area contributed by atoms with Crippen molar-refractivity contribution in [3.63, 3.8) is 0 Å². The molecule has 0 saturated heterocycles. The molecule has 0 spiro atoms. The normalized spacial score (nSPS) is 17.7. The number of hydrogen-bond donors (Lipinski definition) is 1. The molecule has 2 rings (SSSR count). The fourth-order valence-electron chi connectivity index (χ4n) is 1.95. The molecule has 1 aromatic rings. The summed E-state index contributed by atoms with van der Waals surface area (Å²) in [5.74, 6) is 0.471. The van der Waals surface area contributed by atoms with Crippen LogP contribution < -0.4 is 5.32 Å². The van der Waals surface area contributed by atoms with Crippen LogP contribution in [0.25, 0.3) is 0 Å². The van der Waals surface area contributed by atoms with Gasteiger partial charge in [0.05, 0.1) is 5.69 Å². The van der Waals surface area contributed by atoms with Crippen LogP contribution in [0.1, 0.15) is 44.7 Å². The van der Waals surface area contributed by atoms with Crippen molar-refractivity contribution in [3.8, 4) is 0 Å². The van der Waals surface area contributed by atoms with E-state index in [4.69, 9.17) is 4.74 Å². The van der Waals surface area contributed by atoms with Crippen LogP contribution in [-0.4, -0.2) is 6.09 Å². The van der Waals surface area contributed by atoms with Crippen LogP contribution in [0.15, 0.2) is 18.2 Å². The average Bonchev–Trinajstić information content (AvgIpc) is 2.15. The van der Waals surface area contributed by atoms with Crippen molar-refractivity contribution in [2.75, 3.05) is 5.32 Å². The Kier molecular flexibility index (Phi) is 2.41. The molecule has 0 aromatic heterocycles. The summed E-state index contributed by atoms with van der Waals surface area (Å²) in [5, 5.41) is 2.72. The third kappa shape index (κ3) is 1.77. The Labute approximate surface area is 95.8 Å². The van der Waals surface area contributed by atoms with Gasteiger partial charge in [-0.05, 0) is 37.5 Å². The number of nitrogens with one attached hydrogen (secondary N) is 1. The van der Waals surface area contributed by atoms with Crippen molar-refractivity contribution in [3.05, 3.63) is 29.3 Å². The van der Waals surface area contributed by atoms with Crippen LogP contribution in [0.4, 0.5) is 10.5 Å². The topological polar surface area (TPSA) is 38.3 Å². The largest absolute Gasteiger partial charge is 0.438 e. The molecule has 1 aliphatic rings. The van der Waals surface area contributed by atoms with Crippen LogP contribution in [0.2, 0.25) is 0 Å². The molecule has 3 nitrogen and oxygen atoms in total. The van der Waals surface area contributed by atoms with E-state index in [9.17, 15) is 4.79 Å². The quantitative estimate of drug-likeness (QED) is 0.783. The van der Waals surface area contributed by atoms with Gasteiger partial charge >= 0.3 is 6.09 Å². The minimum absolute atomic E-state index is 0.380. The first-order valence-corrected chi connectivity index (χ1v) is 5.54. The van der Waals surface area contributed by atoms with Crippen LogP contribution in [0, 0.1) is 0 Å². The second-order valence-electron chi connectivity index (χ2n) is 4.98. The molecule has 86 valence electrons. The molecule has 1 aliphatic heterocycles. The summed E-state index contributed by atoms with van der Waals surface area (Å²) in [7, 11) is 0. The summed E-state index contributed by atoms with van der Waals surface area (Å²) in [6, 6.07) is 6.11. The predicted molar refractivity (Wildman–Crippen MR) is 63.7 cm³/mol. The van der Waals surface area contributed by atoms with Gasteiger partial charge < -0.3 is 4.74 Å². The molecule has 0 unspecified atom stereocenters. The van der Waals surface area contributed by atoms with Gasteiger partial charge in [0, 0.05) is 5.56 Å². The van der Waals surface area contributed by atoms with E-state index in [0.29, 0.717) is 5.92 Å². The zero-order valence-electron chi connectivity index (χ0n) is 10.1. The Bertz CT molecular complexity index is 436. The average molecular weight is 219 g/mol. The van der Waals surface area contributed by atoms with E-state index in [1.54, 1.807) is 0 Å². The third-order valence-corrected chi connectivity index (χ3v) is 2.94. The summed E-state index contributed by atoms with van der Waals surface area (Å²) in [4.78, 5) is 11.3. The molecule has 16 heavy (non-hydrogen) atoms. The number of fused-ring (bicyclic) bond motifs is 1. The predicted octanol–water partition coefficient (Wildman–Crippen LogP) is 3.61. The first-order valence-electron chi connectivity index (χ1n) is 5.54. The molecule has 0 fully saturated rings. The van der Waals surface area contributed by atoms with Gasteiger partial charge in [0.25, 0.3) is 0 Å². The monoisotopic (exact) mass is 219 g/mol. The lowest BCUT2D eigenvalue weighted by Crippen LogP contribution is -2.34. The van der Waals surface area contributed by atoms with E-state index in [0.717, 1.165) is 11.3 Å². The summed E-state index contributed by atoms with van der Waals surface area (Å²) in [5.41, 5.74) is 2.60. The van der Waals surface area contributed by atoms with E-state index in [1.165, 1.54) is 5.56 Å². The molecule has 0 bridgehead atoms. The number of carbonyl (C=O) groups is 1. The van der Waals surface area contributed by atoms with E-state index in [1.807, 2.05) is 26.0 Å². The maximum absolute atomic E-state index is 11.3. The molecule has 1 N–H and O–H groups in total. The van der Waals surface area contributed by atoms with E-state index >= 15 is 0 Å². The van der Waals surface area contributed by atoms with Gasteiger partial charge in [-0.2, -0.15) is 0 Å². The highest BCUT2D eigenvalue weighted by Crippen LogP contribution is 2.36. The number of hydrogen-bond acceptors (Lipinski definition) is 2. The van der Waals surface area contributed by atoms with Crippen molar-refractivity contribution in [2.45, 2.75) is 39.2 Å². The van der Waals surface area contributed by atoms with Gasteiger partial charge in [-0.1, -0.05) is 19.9 Å². The van der Waals surface area contributed by atoms with E-state index in [2.05, 4.69) is 25.2 Å². The Balaban J connectivity index is 2.52. The van der Waals surface area contributed by atoms with Crippen LogP contribution in [0.5, 0.6) is 0 Å². The number of ether oxygens (including phenoxy) is 1. The smallest absolute Gasteiger partial charge is 0.412 e. The molecular weight excluding hydrogens is 202 g/mol. The lowest BCUT2D eigenvalue weighted by atomic mass is 9.90. The molecule has 0 radical (unpaired) electrons. The van der Waals surface area contributed by atoms with Crippen LogP contribution in [0.3, 0.4) is 0 Å². The van der Waals surface area contributed by atoms with Gasteiger partial charge in [0.15, 0.2) is 0 Å². The van der Waals surface area contributed by atoms with E-state index in [-0.39, 0.29) is 6.09 Å². The van der Waals surface area contributed by atoms with Crippen molar-refractivity contribution in [1.29, 1.82) is 0 Å². The molecule has 1 heterocycles. The first-order chi connectivity index (χ1) is 7.40. The van der Waals surface area contributed by atoms with Gasteiger partial charge in [0.2, 0.25) is 0 Å². The molecule has 1 amide bonds. The van der Waals surface area contributed by atoms with Gasteiger partial charge in [0.1, 0.15) is 5.60 Å². The Morgan fingerprint density at radius 3 is 2.62 bits per heavy atom. The van der Waals surface area contributed by atoms with Crippen molar-refractivity contribution >= 4 is 11.8 Å². The molecular formula is C13H17NO2. The Morgan fingerprint density at radius 1 is 1.31 bits per heavy atom. The standard InChI is InChI=1S/C13H17NO2/c1-8(2)9-5-6-11-10(7-9)13(3,4)16-12(15)14-11/h5-8H,1-4H3,(H,14,15). The second kappa shape index (κ2) is 3.51. The number of benzene rings is 1. The fraction of sp³-hybridized carbons (Fsp3) is 0.462. The number of rotatable bonds is 1. The minimum atomic E-state index is -0.553. The minimum Gasteiger partial charge on any atom is -0.438 e. The van der Waals surface area contributed by atoms with Crippen molar-refractivity contribution in [1.82, 2.24) is 0 Å². The highest BCUT2D eigenvalue weighted by atomic mass is 16.6. The zero-order chi connectivity index (χ0) is 11.9. The van der Waals surface area contributed by atoms with E-state index < -0.39 is 5.60 Å². The molecule has 1 aromatic carbocycles. The lowest BCUT2D eigenvalue weighted by Gasteiger charge is -2.33. The van der Waals surface area contributed by atoms with Gasteiger partial charge in [-0.15, -0.1) is 0 Å². The SMILES string of the molecule is CC(C)c1ccc2c(c1)C(C)(C)OC(=O)N2. The maximum Gasteiger partial charge on any atom is 0.412 e. The zero-order valence-corrected chi connectivity index (χ0v) is 10.1. The highest BCUT2D eigenvalue weighted by molar-refractivity contribution is 5.88. The summed E-state index contributed by atoms with van der Waals surface area (Å²) < 4.78 is 5.28. The Hall–Kier alpha value is -1.51. The van der Waals surface area contributed by atoms with Crippen molar-refractivity contribution in [2.24, 2.45) is 0 Å². The fourth-order valence-corrected chi connectivity index (χ4v) is 1.95. The summed E-state index contributed by atoms with van der Waals surface area (Å²) in [6.07, 6.45) is -0.380. The molecule has 0 atom stereocenters. The summed E-state index contributed by atoms with van der Waals surface area (Å²) >= 11 is 0. The lowest BCUT2D eigenvalue weighted by molar-refractivity contribution is 0.0420. The molecule has 3 heteroatoms. The maximum atomic E-state index is 11.3. The Morgan fingerprint density at radius 2 is 2.00 bits per heavy atom. The van der Waals surface area contributed by atoms with Crippen LogP contribution >= 0.6 is 0 Å². The number of cyclic esters (lactones) is 1.